The molecule has 20 heteroatoms. The topological polar surface area (TPSA) is 335 Å². The molecule has 0 spiro atoms. The summed E-state index contributed by atoms with van der Waals surface area (Å²) in [5, 5.41) is 124. The standard InChI is InChI=1S/C23H39NO19/c1-6(28)24-11-7(29)2-23(22(37)38,42-18(11)12(31)8(30)3-25)43-19-13(32)9(4-26)40-21(16(19)35)41-17-10(5-27)39-20(36)15(34)14(17)33/h7-21,25-27,29-36H,2-5H2,1H3,(H,24,28)(H,37,38)/t7-,8-,9?,10?,11-,12-,13+,14-,15?,16?,17-,18?,19+,20?,21+,23+/m1/s1. The fourth-order valence-electron chi connectivity index (χ4n) is 5.16. The van der Waals surface area contributed by atoms with Gasteiger partial charge in [0.2, 0.25) is 5.91 Å². The third kappa shape index (κ3) is 7.41. The maximum Gasteiger partial charge on any atom is 0.364 e. The highest BCUT2D eigenvalue weighted by molar-refractivity contribution is 5.76. The number of hydrogen-bond acceptors (Lipinski definition) is 18. The molecule has 250 valence electrons. The summed E-state index contributed by atoms with van der Waals surface area (Å²) in [6, 6.07) is -1.54. The second kappa shape index (κ2) is 14.6. The van der Waals surface area contributed by atoms with Crippen molar-refractivity contribution in [3.8, 4) is 0 Å². The van der Waals surface area contributed by atoms with Crippen molar-refractivity contribution in [3.05, 3.63) is 0 Å². The van der Waals surface area contributed by atoms with Crippen molar-refractivity contribution >= 4 is 11.9 Å². The van der Waals surface area contributed by atoms with Gasteiger partial charge in [-0.05, 0) is 0 Å². The summed E-state index contributed by atoms with van der Waals surface area (Å²) in [5.41, 5.74) is 0. The molecule has 16 atom stereocenters. The number of nitrogens with one attached hydrogen (secondary N) is 1. The number of aliphatic hydroxyl groups excluding tert-OH is 11. The average molecular weight is 634 g/mol. The molecule has 13 N–H and O–H groups in total. The smallest absolute Gasteiger partial charge is 0.364 e. The number of carbonyl (C=O) groups is 2. The van der Waals surface area contributed by atoms with Crippen molar-refractivity contribution in [2.75, 3.05) is 19.8 Å². The number of carbonyl (C=O) groups excluding carboxylic acids is 1. The molecule has 0 bridgehead atoms. The van der Waals surface area contributed by atoms with Gasteiger partial charge in [-0.1, -0.05) is 0 Å². The van der Waals surface area contributed by atoms with Crippen LogP contribution in [0.2, 0.25) is 0 Å². The summed E-state index contributed by atoms with van der Waals surface area (Å²) < 4.78 is 26.8. The Morgan fingerprint density at radius 3 is 2.07 bits per heavy atom. The van der Waals surface area contributed by atoms with E-state index >= 15 is 0 Å². The zero-order chi connectivity index (χ0) is 32.4. The minimum atomic E-state index is -3.02. The number of aliphatic carboxylic acids is 1. The average Bonchev–Trinajstić information content (AvgIpc) is 2.96. The number of carboxylic acids is 1. The molecule has 43 heavy (non-hydrogen) atoms. The molecule has 3 rings (SSSR count). The number of hydrogen-bond donors (Lipinski definition) is 13. The van der Waals surface area contributed by atoms with Crippen molar-refractivity contribution in [3.63, 3.8) is 0 Å². The summed E-state index contributed by atoms with van der Waals surface area (Å²) in [7, 11) is 0. The maximum atomic E-state index is 12.5. The Kier molecular flexibility index (Phi) is 12.1. The lowest BCUT2D eigenvalue weighted by molar-refractivity contribution is -0.385. The maximum absolute atomic E-state index is 12.5. The van der Waals surface area contributed by atoms with E-state index in [0.29, 0.717) is 0 Å². The predicted molar refractivity (Wildman–Crippen MR) is 130 cm³/mol. The zero-order valence-electron chi connectivity index (χ0n) is 22.7. The molecule has 0 radical (unpaired) electrons. The largest absolute Gasteiger partial charge is 0.477 e. The van der Waals surface area contributed by atoms with E-state index in [4.69, 9.17) is 23.7 Å². The van der Waals surface area contributed by atoms with Gasteiger partial charge in [0.15, 0.2) is 12.6 Å². The summed E-state index contributed by atoms with van der Waals surface area (Å²) in [6.07, 6.45) is -27.8. The minimum absolute atomic E-state index is 0.749. The Balaban J connectivity index is 1.94. The number of ether oxygens (including phenoxy) is 5. The fourth-order valence-corrected chi connectivity index (χ4v) is 5.16. The van der Waals surface area contributed by atoms with E-state index in [1.165, 1.54) is 0 Å². The Bertz CT molecular complexity index is 942. The van der Waals surface area contributed by atoms with Crippen molar-refractivity contribution in [2.45, 2.75) is 111 Å². The van der Waals surface area contributed by atoms with Crippen molar-refractivity contribution < 1.29 is 94.6 Å². The molecular formula is C23H39NO19. The fraction of sp³-hybridized carbons (Fsp3) is 0.913. The first-order valence-electron chi connectivity index (χ1n) is 13.2. The lowest BCUT2D eigenvalue weighted by atomic mass is 9.88. The van der Waals surface area contributed by atoms with Crippen LogP contribution in [0.5, 0.6) is 0 Å². The van der Waals surface area contributed by atoms with Crippen molar-refractivity contribution in [1.82, 2.24) is 5.32 Å². The van der Waals surface area contributed by atoms with Crippen LogP contribution in [0, 0.1) is 0 Å². The molecule has 6 unspecified atom stereocenters. The van der Waals surface area contributed by atoms with Crippen molar-refractivity contribution in [1.29, 1.82) is 0 Å². The molecule has 0 aromatic rings. The van der Waals surface area contributed by atoms with E-state index in [1.54, 1.807) is 0 Å². The van der Waals surface area contributed by atoms with E-state index in [-0.39, 0.29) is 0 Å². The molecule has 3 aliphatic rings. The minimum Gasteiger partial charge on any atom is -0.477 e. The van der Waals surface area contributed by atoms with Gasteiger partial charge < -0.3 is 90.3 Å². The molecule has 0 aromatic carbocycles. The number of rotatable bonds is 11. The third-order valence-electron chi connectivity index (χ3n) is 7.47. The normalized spacial score (nSPS) is 45.3. The number of aliphatic hydroxyl groups is 11. The van der Waals surface area contributed by atoms with Crippen LogP contribution in [0.4, 0.5) is 0 Å². The van der Waals surface area contributed by atoms with E-state index in [0.717, 1.165) is 6.92 Å². The molecule has 20 nitrogen and oxygen atoms in total. The predicted octanol–water partition coefficient (Wildman–Crippen LogP) is -8.22. The molecule has 0 aromatic heterocycles. The van der Waals surface area contributed by atoms with Crippen LogP contribution >= 0.6 is 0 Å². The third-order valence-corrected chi connectivity index (χ3v) is 7.47. The van der Waals surface area contributed by atoms with Crippen molar-refractivity contribution in [2.24, 2.45) is 0 Å². The van der Waals surface area contributed by atoms with E-state index < -0.39 is 136 Å². The number of amides is 1. The van der Waals surface area contributed by atoms with Gasteiger partial charge >= 0.3 is 5.97 Å². The van der Waals surface area contributed by atoms with Gasteiger partial charge in [-0.2, -0.15) is 0 Å². The monoisotopic (exact) mass is 633 g/mol. The van der Waals surface area contributed by atoms with Crippen LogP contribution in [-0.4, -0.2) is 191 Å². The summed E-state index contributed by atoms with van der Waals surface area (Å²) in [6.45, 7) is -1.85. The zero-order valence-corrected chi connectivity index (χ0v) is 22.7. The molecule has 3 heterocycles. The van der Waals surface area contributed by atoms with Gasteiger partial charge in [-0.3, -0.25) is 4.79 Å². The van der Waals surface area contributed by atoms with Crippen LogP contribution in [0.3, 0.4) is 0 Å². The molecule has 3 fully saturated rings. The van der Waals surface area contributed by atoms with Crippen LogP contribution in [-0.2, 0) is 33.3 Å². The van der Waals surface area contributed by atoms with E-state index in [1.807, 2.05) is 0 Å². The Morgan fingerprint density at radius 1 is 0.907 bits per heavy atom. The van der Waals surface area contributed by atoms with E-state index in [9.17, 15) is 70.9 Å². The lowest BCUT2D eigenvalue weighted by Crippen LogP contribution is -2.70. The van der Waals surface area contributed by atoms with Gasteiger partial charge in [-0.25, -0.2) is 4.79 Å². The van der Waals surface area contributed by atoms with E-state index in [2.05, 4.69) is 5.32 Å². The highest BCUT2D eigenvalue weighted by Gasteiger charge is 2.60. The number of carboxylic acid groups (broad SMARTS) is 1. The SMILES string of the molecule is CC(=O)N[C@H]1C([C@H](O)[C@H](O)CO)O[C@@](O[C@@H]2C(O)[C@H](O[C@@H]3C(CO)OC(O)C(O)[C@H]3O)OC(CO)[C@@H]2O)(C(=O)O)C[C@H]1O. The second-order valence-corrected chi connectivity index (χ2v) is 10.5. The molecule has 1 amide bonds. The first-order valence-corrected chi connectivity index (χ1v) is 13.2. The first-order chi connectivity index (χ1) is 20.1. The molecule has 0 saturated carbocycles. The Labute approximate surface area is 243 Å². The highest BCUT2D eigenvalue weighted by atomic mass is 16.8. The Hall–Kier alpha value is -1.70. The lowest BCUT2D eigenvalue weighted by Gasteiger charge is -2.50. The quantitative estimate of drug-likeness (QED) is 0.100. The van der Waals surface area contributed by atoms with Crippen LogP contribution in [0.15, 0.2) is 0 Å². The second-order valence-electron chi connectivity index (χ2n) is 10.5. The molecular weight excluding hydrogens is 594 g/mol. The van der Waals surface area contributed by atoms with Gasteiger partial charge in [0.05, 0.1) is 32.0 Å². The summed E-state index contributed by atoms with van der Waals surface area (Å²) in [4.78, 5) is 24.3. The van der Waals surface area contributed by atoms with Crippen LogP contribution in [0.1, 0.15) is 13.3 Å². The highest BCUT2D eigenvalue weighted by Crippen LogP contribution is 2.38. The van der Waals surface area contributed by atoms with Gasteiger partial charge in [0, 0.05) is 13.3 Å². The summed E-state index contributed by atoms with van der Waals surface area (Å²) >= 11 is 0. The molecule has 0 aliphatic carbocycles. The molecule has 3 saturated heterocycles. The summed E-state index contributed by atoms with van der Waals surface area (Å²) in [5.74, 6) is -5.74. The van der Waals surface area contributed by atoms with Crippen LogP contribution < -0.4 is 5.32 Å². The first kappa shape index (κ1) is 35.8. The Morgan fingerprint density at radius 2 is 1.53 bits per heavy atom. The van der Waals surface area contributed by atoms with Crippen LogP contribution in [0.25, 0.3) is 0 Å². The van der Waals surface area contributed by atoms with Gasteiger partial charge in [0.25, 0.3) is 5.79 Å². The van der Waals surface area contributed by atoms with Gasteiger partial charge in [0.1, 0.15) is 67.1 Å². The molecule has 3 aliphatic heterocycles. The van der Waals surface area contributed by atoms with Gasteiger partial charge in [-0.15, -0.1) is 0 Å².